The van der Waals surface area contributed by atoms with E-state index in [0.29, 0.717) is 18.8 Å². The van der Waals surface area contributed by atoms with Crippen LogP contribution < -0.4 is 5.32 Å². The third-order valence-electron chi connectivity index (χ3n) is 3.01. The fraction of sp³-hybridized carbons (Fsp3) is 0.571. The molecule has 0 spiro atoms. The van der Waals surface area contributed by atoms with E-state index in [1.807, 2.05) is 6.92 Å². The van der Waals surface area contributed by atoms with Gasteiger partial charge in [0.2, 0.25) is 0 Å². The van der Waals surface area contributed by atoms with E-state index in [0.717, 1.165) is 12.1 Å². The second-order valence-electron chi connectivity index (χ2n) is 5.44. The minimum Gasteiger partial charge on any atom is -0.478 e. The van der Waals surface area contributed by atoms with Crippen LogP contribution >= 0.6 is 0 Å². The number of rotatable bonds is 7. The molecule has 0 aromatic carbocycles. The second kappa shape index (κ2) is 6.52. The van der Waals surface area contributed by atoms with Crippen molar-refractivity contribution in [3.8, 4) is 0 Å². The predicted octanol–water partition coefficient (Wildman–Crippen LogP) is 2.56. The van der Waals surface area contributed by atoms with Gasteiger partial charge in [-0.05, 0) is 24.8 Å². The first-order chi connectivity index (χ1) is 8.85. The Labute approximate surface area is 114 Å². The van der Waals surface area contributed by atoms with Crippen LogP contribution in [-0.2, 0) is 4.74 Å². The molecule has 0 aliphatic heterocycles. The lowest BCUT2D eigenvalue weighted by molar-refractivity contribution is 0.0697. The van der Waals surface area contributed by atoms with Crippen molar-refractivity contribution in [1.82, 2.24) is 4.98 Å². The van der Waals surface area contributed by atoms with Gasteiger partial charge in [0.15, 0.2) is 0 Å². The maximum atomic E-state index is 11.1. The number of carboxylic acid groups (broad SMARTS) is 1. The summed E-state index contributed by atoms with van der Waals surface area (Å²) in [4.78, 5) is 15.1. The zero-order valence-electron chi connectivity index (χ0n) is 12.0. The number of carboxylic acids is 1. The molecule has 1 aromatic rings. The normalized spacial score (nSPS) is 11.4. The smallest absolute Gasteiger partial charge is 0.339 e. The molecule has 0 saturated carbocycles. The van der Waals surface area contributed by atoms with Crippen LogP contribution in [0.2, 0.25) is 0 Å². The Morgan fingerprint density at radius 1 is 1.53 bits per heavy atom. The molecule has 0 fully saturated rings. The van der Waals surface area contributed by atoms with Crippen LogP contribution in [-0.4, -0.2) is 36.3 Å². The lowest BCUT2D eigenvalue weighted by atomic mass is 9.89. The van der Waals surface area contributed by atoms with Crippen LogP contribution in [0.1, 0.15) is 36.3 Å². The van der Waals surface area contributed by atoms with E-state index in [1.165, 1.54) is 6.20 Å². The van der Waals surface area contributed by atoms with Crippen molar-refractivity contribution in [1.29, 1.82) is 0 Å². The minimum atomic E-state index is -0.968. The van der Waals surface area contributed by atoms with Crippen LogP contribution in [0.15, 0.2) is 12.3 Å². The number of anilines is 1. The second-order valence-corrected chi connectivity index (χ2v) is 5.44. The summed E-state index contributed by atoms with van der Waals surface area (Å²) in [7, 11) is 1.68. The highest BCUT2D eigenvalue weighted by atomic mass is 16.5. The number of aromatic nitrogens is 1. The lowest BCUT2D eigenvalue weighted by Gasteiger charge is -2.25. The van der Waals surface area contributed by atoms with Crippen molar-refractivity contribution in [3.63, 3.8) is 0 Å². The molecule has 5 heteroatoms. The maximum absolute atomic E-state index is 11.1. The van der Waals surface area contributed by atoms with E-state index in [4.69, 9.17) is 9.84 Å². The lowest BCUT2D eigenvalue weighted by Crippen LogP contribution is -2.25. The third-order valence-corrected chi connectivity index (χ3v) is 3.01. The zero-order chi connectivity index (χ0) is 14.5. The molecule has 0 atom stereocenters. The number of hydrogen-bond donors (Lipinski definition) is 2. The van der Waals surface area contributed by atoms with E-state index < -0.39 is 5.97 Å². The van der Waals surface area contributed by atoms with Crippen LogP contribution in [0.3, 0.4) is 0 Å². The van der Waals surface area contributed by atoms with Gasteiger partial charge in [0.05, 0.1) is 5.69 Å². The van der Waals surface area contributed by atoms with E-state index in [1.54, 1.807) is 13.2 Å². The summed E-state index contributed by atoms with van der Waals surface area (Å²) in [6, 6.07) is 1.76. The predicted molar refractivity (Wildman–Crippen MR) is 74.7 cm³/mol. The number of nitrogens with one attached hydrogen (secondary N) is 1. The molecule has 0 radical (unpaired) electrons. The van der Waals surface area contributed by atoms with Crippen molar-refractivity contribution < 1.29 is 14.6 Å². The molecule has 19 heavy (non-hydrogen) atoms. The zero-order valence-corrected chi connectivity index (χ0v) is 12.0. The van der Waals surface area contributed by atoms with Crippen molar-refractivity contribution in [3.05, 3.63) is 23.5 Å². The molecule has 0 amide bonds. The molecule has 0 saturated heterocycles. The molecule has 0 aliphatic carbocycles. The summed E-state index contributed by atoms with van der Waals surface area (Å²) >= 11 is 0. The topological polar surface area (TPSA) is 71.5 Å². The molecular formula is C14H22N2O3. The van der Waals surface area contributed by atoms with Gasteiger partial charge in [-0.25, -0.2) is 4.79 Å². The largest absolute Gasteiger partial charge is 0.478 e. The van der Waals surface area contributed by atoms with Gasteiger partial charge in [-0.2, -0.15) is 0 Å². The van der Waals surface area contributed by atoms with Crippen molar-refractivity contribution >= 4 is 11.7 Å². The average Bonchev–Trinajstić information content (AvgIpc) is 2.34. The number of aromatic carboxylic acids is 1. The van der Waals surface area contributed by atoms with E-state index >= 15 is 0 Å². The Morgan fingerprint density at radius 2 is 2.21 bits per heavy atom. The van der Waals surface area contributed by atoms with Crippen molar-refractivity contribution in [2.24, 2.45) is 5.41 Å². The molecule has 1 aromatic heterocycles. The number of nitrogens with zero attached hydrogens (tertiary/aromatic N) is 1. The molecule has 0 unspecified atom stereocenters. The molecule has 1 rings (SSSR count). The highest BCUT2D eigenvalue weighted by Gasteiger charge is 2.19. The van der Waals surface area contributed by atoms with Crippen molar-refractivity contribution in [2.45, 2.75) is 27.2 Å². The van der Waals surface area contributed by atoms with Gasteiger partial charge in [-0.1, -0.05) is 13.8 Å². The van der Waals surface area contributed by atoms with Gasteiger partial charge in [0, 0.05) is 32.2 Å². The highest BCUT2D eigenvalue weighted by Crippen LogP contribution is 2.23. The third kappa shape index (κ3) is 4.87. The Hall–Kier alpha value is -1.62. The fourth-order valence-electron chi connectivity index (χ4n) is 1.68. The number of aryl methyl sites for hydroxylation is 1. The molecule has 2 N–H and O–H groups in total. The first-order valence-electron chi connectivity index (χ1n) is 6.28. The number of methoxy groups -OCH3 is 1. The highest BCUT2D eigenvalue weighted by molar-refractivity contribution is 5.93. The summed E-state index contributed by atoms with van der Waals surface area (Å²) < 4.78 is 5.08. The van der Waals surface area contributed by atoms with Gasteiger partial charge in [-0.3, -0.25) is 4.98 Å². The number of hydrogen-bond acceptors (Lipinski definition) is 4. The van der Waals surface area contributed by atoms with Crippen LogP contribution in [0.5, 0.6) is 0 Å². The van der Waals surface area contributed by atoms with Gasteiger partial charge in [0.1, 0.15) is 5.56 Å². The first kappa shape index (κ1) is 15.4. The SMILES string of the molecule is COCCC(C)(C)CNc1cc(C)ncc1C(=O)O. The minimum absolute atomic E-state index is 0.0307. The van der Waals surface area contributed by atoms with E-state index in [9.17, 15) is 4.79 Å². The number of pyridine rings is 1. The first-order valence-corrected chi connectivity index (χ1v) is 6.28. The van der Waals surface area contributed by atoms with Crippen LogP contribution in [0, 0.1) is 12.3 Å². The van der Waals surface area contributed by atoms with Crippen molar-refractivity contribution in [2.75, 3.05) is 25.6 Å². The van der Waals surface area contributed by atoms with Gasteiger partial charge in [-0.15, -0.1) is 0 Å². The van der Waals surface area contributed by atoms with E-state index in [-0.39, 0.29) is 11.0 Å². The Bertz CT molecular complexity index is 444. The molecule has 1 heterocycles. The van der Waals surface area contributed by atoms with Crippen LogP contribution in [0.25, 0.3) is 0 Å². The van der Waals surface area contributed by atoms with Gasteiger partial charge < -0.3 is 15.2 Å². The summed E-state index contributed by atoms with van der Waals surface area (Å²) in [5, 5.41) is 12.3. The quantitative estimate of drug-likeness (QED) is 0.793. The Balaban J connectivity index is 2.76. The standard InChI is InChI=1S/C14H22N2O3/c1-10-7-12(11(8-15-10)13(17)18)16-9-14(2,3)5-6-19-4/h7-8H,5-6,9H2,1-4H3,(H,15,16)(H,17,18). The molecule has 106 valence electrons. The number of carbonyl (C=O) groups is 1. The fourth-order valence-corrected chi connectivity index (χ4v) is 1.68. The van der Waals surface area contributed by atoms with Gasteiger partial charge >= 0.3 is 5.97 Å². The van der Waals surface area contributed by atoms with E-state index in [2.05, 4.69) is 24.1 Å². The molecular weight excluding hydrogens is 244 g/mol. The molecule has 0 bridgehead atoms. The maximum Gasteiger partial charge on any atom is 0.339 e. The van der Waals surface area contributed by atoms with Gasteiger partial charge in [0.25, 0.3) is 0 Å². The summed E-state index contributed by atoms with van der Waals surface area (Å²) in [6.45, 7) is 7.45. The van der Waals surface area contributed by atoms with Crippen LogP contribution in [0.4, 0.5) is 5.69 Å². The summed E-state index contributed by atoms with van der Waals surface area (Å²) in [5.41, 5.74) is 1.64. The Kier molecular flexibility index (Phi) is 5.30. The average molecular weight is 266 g/mol. The molecule has 5 nitrogen and oxygen atoms in total. The number of ether oxygens (including phenoxy) is 1. The Morgan fingerprint density at radius 3 is 2.79 bits per heavy atom. The summed E-state index contributed by atoms with van der Waals surface area (Å²) in [5.74, 6) is -0.968. The monoisotopic (exact) mass is 266 g/mol. The summed E-state index contributed by atoms with van der Waals surface area (Å²) in [6.07, 6.45) is 2.30. The molecule has 0 aliphatic rings.